The highest BCUT2D eigenvalue weighted by Crippen LogP contribution is 2.65. The molecule has 1 aliphatic carbocycles. The molecule has 2 heterocycles. The first-order chi connectivity index (χ1) is 30.8. The monoisotopic (exact) mass is 790 g/mol. The van der Waals surface area contributed by atoms with Gasteiger partial charge >= 0.3 is 0 Å². The second kappa shape index (κ2) is 13.4. The van der Waals surface area contributed by atoms with Crippen LogP contribution in [0.25, 0.3) is 60.5 Å². The molecule has 1 aromatic heterocycles. The first-order valence-electron chi connectivity index (χ1n) is 21.4. The number of hydrogen-bond donors (Lipinski definition) is 0. The van der Waals surface area contributed by atoms with Gasteiger partial charge in [0.2, 0.25) is 0 Å². The molecular weight excluding hydrogens is 753 g/mol. The van der Waals surface area contributed by atoms with E-state index in [2.05, 4.69) is 240 Å². The topological polar surface area (TPSA) is 17.4 Å². The van der Waals surface area contributed by atoms with E-state index in [-0.39, 0.29) is 0 Å². The maximum Gasteiger partial charge on any atom is 0.132 e. The Balaban J connectivity index is 1.17. The predicted octanol–water partition coefficient (Wildman–Crippen LogP) is 15.5. The van der Waals surface area contributed by atoms with Gasteiger partial charge in [0.1, 0.15) is 11.5 Å². The van der Waals surface area contributed by atoms with Crippen molar-refractivity contribution in [1.82, 2.24) is 4.57 Å². The van der Waals surface area contributed by atoms with Gasteiger partial charge in [0.25, 0.3) is 0 Å². The van der Waals surface area contributed by atoms with Crippen molar-refractivity contribution in [3.8, 4) is 39.4 Å². The Morgan fingerprint density at radius 1 is 0.387 bits per heavy atom. The van der Waals surface area contributed by atoms with Crippen LogP contribution < -0.4 is 9.64 Å². The Kier molecular flexibility index (Phi) is 7.52. The van der Waals surface area contributed by atoms with E-state index in [4.69, 9.17) is 4.74 Å². The van der Waals surface area contributed by atoms with Crippen LogP contribution in [0.3, 0.4) is 0 Å². The van der Waals surface area contributed by atoms with E-state index in [9.17, 15) is 0 Å². The minimum atomic E-state index is -0.631. The summed E-state index contributed by atoms with van der Waals surface area (Å²) in [7, 11) is 0. The molecule has 13 rings (SSSR count). The average Bonchev–Trinajstić information content (AvgIpc) is 3.83. The van der Waals surface area contributed by atoms with E-state index in [1.54, 1.807) is 0 Å². The lowest BCUT2D eigenvalue weighted by Gasteiger charge is -2.39. The Morgan fingerprint density at radius 2 is 0.984 bits per heavy atom. The molecule has 0 bridgehead atoms. The molecule has 0 amide bonds. The summed E-state index contributed by atoms with van der Waals surface area (Å²) in [5, 5.41) is 4.86. The lowest BCUT2D eigenvalue weighted by molar-refractivity contribution is 0.436. The molecule has 0 fully saturated rings. The normalized spacial score (nSPS) is 13.1. The van der Waals surface area contributed by atoms with Crippen LogP contribution in [0.5, 0.6) is 11.5 Å². The number of fused-ring (bicyclic) bond motifs is 14. The summed E-state index contributed by atoms with van der Waals surface area (Å²) in [5.74, 6) is 1.77. The number of anilines is 3. The third kappa shape index (κ3) is 4.82. The van der Waals surface area contributed by atoms with Gasteiger partial charge in [-0.3, -0.25) is 0 Å². The fourth-order valence-electron chi connectivity index (χ4n) is 10.8. The van der Waals surface area contributed by atoms with Crippen molar-refractivity contribution in [3.05, 3.63) is 253 Å². The van der Waals surface area contributed by atoms with Crippen molar-refractivity contribution in [1.29, 1.82) is 0 Å². The van der Waals surface area contributed by atoms with Gasteiger partial charge in [-0.1, -0.05) is 170 Å². The molecule has 0 atom stereocenters. The molecule has 0 saturated carbocycles. The highest BCUT2D eigenvalue weighted by molar-refractivity contribution is 6.13. The molecule has 62 heavy (non-hydrogen) atoms. The molecule has 0 saturated heterocycles. The summed E-state index contributed by atoms with van der Waals surface area (Å²) in [6.07, 6.45) is 0. The zero-order valence-corrected chi connectivity index (χ0v) is 33.7. The zero-order valence-electron chi connectivity index (χ0n) is 33.7. The Morgan fingerprint density at radius 3 is 1.79 bits per heavy atom. The molecule has 3 heteroatoms. The number of rotatable bonds is 5. The summed E-state index contributed by atoms with van der Waals surface area (Å²) < 4.78 is 9.15. The van der Waals surface area contributed by atoms with Crippen LogP contribution in [0.1, 0.15) is 22.3 Å². The van der Waals surface area contributed by atoms with Crippen LogP contribution >= 0.6 is 0 Å². The van der Waals surface area contributed by atoms with Crippen molar-refractivity contribution >= 4 is 49.6 Å². The SMILES string of the molecule is c1ccc(-c2ccccc2N(c2ccc3c(c2)c2ccccc2n3-c2ccccc2)c2cccc3c2-c2c(ccc4ccccc24)C32c3ccccc3Oc3ccccc32)cc1. The first kappa shape index (κ1) is 34.7. The van der Waals surface area contributed by atoms with Crippen molar-refractivity contribution in [3.63, 3.8) is 0 Å². The smallest absolute Gasteiger partial charge is 0.132 e. The maximum atomic E-state index is 6.76. The first-order valence-corrected chi connectivity index (χ1v) is 21.4. The van der Waals surface area contributed by atoms with Crippen molar-refractivity contribution in [2.75, 3.05) is 4.90 Å². The standard InChI is InChI=1S/C59H38N2O/c1-3-18-39(19-4-1)43-23-9-13-29-51(43)61(42-35-37-53-46(38-42)45-25-10-14-30-52(45)60(53)41-21-5-2-6-22-41)54-31-17-28-49-58(54)57-44-24-8-7-20-40(44)34-36-50(57)59(49)47-26-11-15-32-55(47)62-56-33-16-12-27-48(56)59/h1-38H. The van der Waals surface area contributed by atoms with Gasteiger partial charge in [-0.05, 0) is 93.7 Å². The molecule has 11 aromatic rings. The highest BCUT2D eigenvalue weighted by Gasteiger charge is 2.52. The van der Waals surface area contributed by atoms with Gasteiger partial charge in [-0.25, -0.2) is 0 Å². The number of ether oxygens (including phenoxy) is 1. The summed E-state index contributed by atoms with van der Waals surface area (Å²) in [4.78, 5) is 2.52. The Bertz CT molecular complexity index is 3520. The van der Waals surface area contributed by atoms with Gasteiger partial charge in [0.15, 0.2) is 0 Å². The summed E-state index contributed by atoms with van der Waals surface area (Å²) in [6.45, 7) is 0. The minimum Gasteiger partial charge on any atom is -0.457 e. The summed E-state index contributed by atoms with van der Waals surface area (Å²) in [5.41, 5.74) is 15.8. The molecule has 2 aliphatic rings. The van der Waals surface area contributed by atoms with E-state index < -0.39 is 5.41 Å². The third-order valence-corrected chi connectivity index (χ3v) is 13.2. The predicted molar refractivity (Wildman–Crippen MR) is 256 cm³/mol. The lowest BCUT2D eigenvalue weighted by Crippen LogP contribution is -2.32. The number of nitrogens with zero attached hydrogens (tertiary/aromatic N) is 2. The van der Waals surface area contributed by atoms with Gasteiger partial charge < -0.3 is 14.2 Å². The molecule has 290 valence electrons. The average molecular weight is 791 g/mol. The second-order valence-corrected chi connectivity index (χ2v) is 16.4. The molecule has 0 radical (unpaired) electrons. The van der Waals surface area contributed by atoms with Crippen molar-refractivity contribution in [2.24, 2.45) is 0 Å². The van der Waals surface area contributed by atoms with Crippen LogP contribution in [-0.4, -0.2) is 4.57 Å². The Hall–Kier alpha value is -8.14. The lowest BCUT2D eigenvalue weighted by atomic mass is 9.66. The van der Waals surface area contributed by atoms with Crippen LogP contribution in [0.4, 0.5) is 17.1 Å². The van der Waals surface area contributed by atoms with Crippen LogP contribution in [0.2, 0.25) is 0 Å². The fraction of sp³-hybridized carbons (Fsp3) is 0.0169. The maximum absolute atomic E-state index is 6.76. The molecule has 0 unspecified atom stereocenters. The largest absolute Gasteiger partial charge is 0.457 e. The van der Waals surface area contributed by atoms with Gasteiger partial charge in [0.05, 0.1) is 27.8 Å². The van der Waals surface area contributed by atoms with E-state index in [0.717, 1.165) is 56.5 Å². The van der Waals surface area contributed by atoms with Gasteiger partial charge in [0, 0.05) is 44.4 Å². The molecule has 10 aromatic carbocycles. The zero-order chi connectivity index (χ0) is 40.8. The fourth-order valence-corrected chi connectivity index (χ4v) is 10.8. The molecule has 0 N–H and O–H groups in total. The van der Waals surface area contributed by atoms with Crippen LogP contribution in [0, 0.1) is 0 Å². The summed E-state index contributed by atoms with van der Waals surface area (Å²) >= 11 is 0. The number of hydrogen-bond acceptors (Lipinski definition) is 2. The second-order valence-electron chi connectivity index (χ2n) is 16.4. The Labute approximate surface area is 360 Å². The van der Waals surface area contributed by atoms with Gasteiger partial charge in [-0.15, -0.1) is 0 Å². The molecule has 1 spiro atoms. The van der Waals surface area contributed by atoms with E-state index in [0.29, 0.717) is 0 Å². The van der Waals surface area contributed by atoms with E-state index in [1.165, 1.54) is 54.8 Å². The van der Waals surface area contributed by atoms with Gasteiger partial charge in [-0.2, -0.15) is 0 Å². The highest BCUT2D eigenvalue weighted by atomic mass is 16.5. The summed E-state index contributed by atoms with van der Waals surface area (Å²) in [6, 6.07) is 84.0. The molecule has 3 nitrogen and oxygen atoms in total. The quantitative estimate of drug-likeness (QED) is 0.173. The minimum absolute atomic E-state index is 0.631. The third-order valence-electron chi connectivity index (χ3n) is 13.2. The number of aromatic nitrogens is 1. The van der Waals surface area contributed by atoms with Crippen LogP contribution in [-0.2, 0) is 5.41 Å². The molecule has 1 aliphatic heterocycles. The molecular formula is C59H38N2O. The van der Waals surface area contributed by atoms with Crippen molar-refractivity contribution < 1.29 is 4.74 Å². The van der Waals surface area contributed by atoms with Crippen molar-refractivity contribution in [2.45, 2.75) is 5.41 Å². The van der Waals surface area contributed by atoms with Crippen LogP contribution in [0.15, 0.2) is 231 Å². The number of benzene rings is 10. The van der Waals surface area contributed by atoms with E-state index >= 15 is 0 Å². The van der Waals surface area contributed by atoms with E-state index in [1.807, 2.05) is 0 Å². The number of para-hydroxylation sites is 5.